The van der Waals surface area contributed by atoms with Crippen LogP contribution in [0, 0.1) is 5.92 Å². The molecule has 1 aliphatic carbocycles. The van der Waals surface area contributed by atoms with Crippen molar-refractivity contribution < 1.29 is 0 Å². The lowest BCUT2D eigenvalue weighted by Gasteiger charge is -2.36. The van der Waals surface area contributed by atoms with Gasteiger partial charge in [-0.05, 0) is 38.1 Å². The molecule has 1 fully saturated rings. The van der Waals surface area contributed by atoms with E-state index in [1.165, 1.54) is 47.8 Å². The quantitative estimate of drug-likeness (QED) is 0.764. The number of hydrogen-bond acceptors (Lipinski definition) is 4. The Labute approximate surface area is 134 Å². The topological polar surface area (TPSA) is 28.2 Å². The van der Waals surface area contributed by atoms with Crippen LogP contribution in [0.1, 0.15) is 63.4 Å². The Hall–Kier alpha value is -0.610. The first-order valence-electron chi connectivity index (χ1n) is 8.59. The zero-order chi connectivity index (χ0) is 15.2. The monoisotopic (exact) mass is 309 g/mol. The van der Waals surface area contributed by atoms with Crippen LogP contribution in [0.3, 0.4) is 0 Å². The van der Waals surface area contributed by atoms with Crippen molar-refractivity contribution in [3.63, 3.8) is 0 Å². The van der Waals surface area contributed by atoms with E-state index in [1.807, 2.05) is 11.3 Å². The SMILES string of the molecule is CCCNCc1sc(N(C)C2CCCCC2C)nc1CC. The summed E-state index contributed by atoms with van der Waals surface area (Å²) in [7, 11) is 2.24. The number of nitrogens with zero attached hydrogens (tertiary/aromatic N) is 2. The van der Waals surface area contributed by atoms with Crippen LogP contribution in [-0.2, 0) is 13.0 Å². The minimum Gasteiger partial charge on any atom is -0.348 e. The van der Waals surface area contributed by atoms with Crippen LogP contribution in [-0.4, -0.2) is 24.6 Å². The van der Waals surface area contributed by atoms with Gasteiger partial charge >= 0.3 is 0 Å². The molecular formula is C17H31N3S. The third kappa shape index (κ3) is 4.19. The van der Waals surface area contributed by atoms with E-state index in [0.29, 0.717) is 6.04 Å². The van der Waals surface area contributed by atoms with E-state index in [9.17, 15) is 0 Å². The van der Waals surface area contributed by atoms with E-state index >= 15 is 0 Å². The molecule has 2 unspecified atom stereocenters. The Bertz CT molecular complexity index is 430. The highest BCUT2D eigenvalue weighted by atomic mass is 32.1. The molecule has 0 bridgehead atoms. The Balaban J connectivity index is 2.07. The summed E-state index contributed by atoms with van der Waals surface area (Å²) in [6, 6.07) is 0.672. The van der Waals surface area contributed by atoms with Crippen LogP contribution in [0.5, 0.6) is 0 Å². The van der Waals surface area contributed by atoms with Crippen LogP contribution in [0.2, 0.25) is 0 Å². The molecule has 2 atom stereocenters. The van der Waals surface area contributed by atoms with Gasteiger partial charge < -0.3 is 10.2 Å². The molecule has 0 aliphatic heterocycles. The van der Waals surface area contributed by atoms with E-state index in [4.69, 9.17) is 4.98 Å². The zero-order valence-corrected chi connectivity index (χ0v) is 14.9. The molecule has 0 spiro atoms. The Morgan fingerprint density at radius 2 is 2.05 bits per heavy atom. The van der Waals surface area contributed by atoms with Gasteiger partial charge in [-0.1, -0.05) is 33.6 Å². The smallest absolute Gasteiger partial charge is 0.185 e. The van der Waals surface area contributed by atoms with Crippen LogP contribution in [0.15, 0.2) is 0 Å². The number of aryl methyl sites for hydroxylation is 1. The Kier molecular flexibility index (Phi) is 6.49. The summed E-state index contributed by atoms with van der Waals surface area (Å²) in [6.45, 7) is 8.89. The molecule has 1 aromatic heterocycles. The van der Waals surface area contributed by atoms with Crippen molar-refractivity contribution >= 4 is 16.5 Å². The molecule has 1 saturated carbocycles. The fraction of sp³-hybridized carbons (Fsp3) is 0.824. The van der Waals surface area contributed by atoms with Gasteiger partial charge in [-0.15, -0.1) is 11.3 Å². The van der Waals surface area contributed by atoms with Crippen molar-refractivity contribution in [3.8, 4) is 0 Å². The number of hydrogen-bond donors (Lipinski definition) is 1. The standard InChI is InChI=1S/C17H31N3S/c1-5-11-18-12-16-14(6-2)19-17(21-16)20(4)15-10-8-7-9-13(15)3/h13,15,18H,5-12H2,1-4H3. The maximum absolute atomic E-state index is 4.92. The molecule has 0 amide bonds. The van der Waals surface area contributed by atoms with Crippen molar-refractivity contribution in [1.82, 2.24) is 10.3 Å². The third-order valence-electron chi connectivity index (χ3n) is 4.68. The highest BCUT2D eigenvalue weighted by molar-refractivity contribution is 7.15. The maximum atomic E-state index is 4.92. The predicted molar refractivity (Wildman–Crippen MR) is 93.3 cm³/mol. The maximum Gasteiger partial charge on any atom is 0.185 e. The van der Waals surface area contributed by atoms with E-state index in [0.717, 1.165) is 25.4 Å². The number of rotatable bonds is 7. The number of nitrogens with one attached hydrogen (secondary N) is 1. The Morgan fingerprint density at radius 3 is 2.71 bits per heavy atom. The van der Waals surface area contributed by atoms with Crippen molar-refractivity contribution in [2.24, 2.45) is 5.92 Å². The van der Waals surface area contributed by atoms with E-state index in [2.05, 4.69) is 38.0 Å². The van der Waals surface area contributed by atoms with Crippen molar-refractivity contribution in [1.29, 1.82) is 0 Å². The van der Waals surface area contributed by atoms with Gasteiger partial charge in [-0.25, -0.2) is 4.98 Å². The molecule has 1 aliphatic rings. The summed E-state index contributed by atoms with van der Waals surface area (Å²) in [5, 5.41) is 4.74. The second kappa shape index (κ2) is 8.14. The first kappa shape index (κ1) is 16.8. The molecule has 0 radical (unpaired) electrons. The molecule has 1 aromatic rings. The molecule has 4 heteroatoms. The van der Waals surface area contributed by atoms with Gasteiger partial charge in [-0.2, -0.15) is 0 Å². The number of anilines is 1. The summed E-state index contributed by atoms with van der Waals surface area (Å²) in [5.41, 5.74) is 1.29. The first-order chi connectivity index (χ1) is 10.2. The number of thiazole rings is 1. The Morgan fingerprint density at radius 1 is 1.29 bits per heavy atom. The number of aromatic nitrogens is 1. The van der Waals surface area contributed by atoms with Crippen LogP contribution in [0.4, 0.5) is 5.13 Å². The lowest BCUT2D eigenvalue weighted by Crippen LogP contribution is -2.38. The van der Waals surface area contributed by atoms with Crippen molar-refractivity contribution in [2.45, 2.75) is 71.9 Å². The highest BCUT2D eigenvalue weighted by Crippen LogP contribution is 2.33. The van der Waals surface area contributed by atoms with Gasteiger partial charge in [0.25, 0.3) is 0 Å². The zero-order valence-electron chi connectivity index (χ0n) is 14.1. The van der Waals surface area contributed by atoms with Gasteiger partial charge in [0.15, 0.2) is 5.13 Å². The van der Waals surface area contributed by atoms with Crippen molar-refractivity contribution in [3.05, 3.63) is 10.6 Å². The molecule has 120 valence electrons. The normalized spacial score (nSPS) is 22.5. The summed E-state index contributed by atoms with van der Waals surface area (Å²) in [6.07, 6.45) is 7.68. The molecular weight excluding hydrogens is 278 g/mol. The van der Waals surface area contributed by atoms with Crippen LogP contribution >= 0.6 is 11.3 Å². The molecule has 1 heterocycles. The lowest BCUT2D eigenvalue weighted by molar-refractivity contribution is 0.321. The molecule has 0 aromatic carbocycles. The van der Waals surface area contributed by atoms with E-state index < -0.39 is 0 Å². The van der Waals surface area contributed by atoms with Gasteiger partial charge in [-0.3, -0.25) is 0 Å². The largest absolute Gasteiger partial charge is 0.348 e. The van der Waals surface area contributed by atoms with Gasteiger partial charge in [0.2, 0.25) is 0 Å². The molecule has 3 nitrogen and oxygen atoms in total. The third-order valence-corrected chi connectivity index (χ3v) is 5.87. The van der Waals surface area contributed by atoms with Gasteiger partial charge in [0.05, 0.1) is 5.69 Å². The minimum absolute atomic E-state index is 0.672. The molecule has 0 saturated heterocycles. The first-order valence-corrected chi connectivity index (χ1v) is 9.41. The summed E-state index contributed by atoms with van der Waals surface area (Å²) in [5.74, 6) is 0.791. The fourth-order valence-electron chi connectivity index (χ4n) is 3.33. The molecule has 21 heavy (non-hydrogen) atoms. The molecule has 2 rings (SSSR count). The fourth-order valence-corrected chi connectivity index (χ4v) is 4.47. The average Bonchev–Trinajstić information content (AvgIpc) is 2.90. The second-order valence-corrected chi connectivity index (χ2v) is 7.40. The van der Waals surface area contributed by atoms with Gasteiger partial charge in [0.1, 0.15) is 0 Å². The summed E-state index contributed by atoms with van der Waals surface area (Å²) in [4.78, 5) is 8.80. The highest BCUT2D eigenvalue weighted by Gasteiger charge is 2.27. The van der Waals surface area contributed by atoms with Gasteiger partial charge in [0, 0.05) is 24.5 Å². The molecule has 1 N–H and O–H groups in total. The minimum atomic E-state index is 0.672. The van der Waals surface area contributed by atoms with Crippen LogP contribution in [0.25, 0.3) is 0 Å². The second-order valence-electron chi connectivity index (χ2n) is 6.34. The van der Waals surface area contributed by atoms with Crippen LogP contribution < -0.4 is 10.2 Å². The summed E-state index contributed by atoms with van der Waals surface area (Å²) < 4.78 is 0. The lowest BCUT2D eigenvalue weighted by atomic mass is 9.85. The van der Waals surface area contributed by atoms with E-state index in [-0.39, 0.29) is 0 Å². The predicted octanol–water partition coefficient (Wildman–Crippen LogP) is 4.22. The van der Waals surface area contributed by atoms with Crippen molar-refractivity contribution in [2.75, 3.05) is 18.5 Å². The van der Waals surface area contributed by atoms with E-state index in [1.54, 1.807) is 0 Å². The summed E-state index contributed by atoms with van der Waals surface area (Å²) >= 11 is 1.89. The average molecular weight is 310 g/mol.